The van der Waals surface area contributed by atoms with E-state index in [2.05, 4.69) is 36.7 Å². The Labute approximate surface area is 124 Å². The van der Waals surface area contributed by atoms with Gasteiger partial charge in [-0.3, -0.25) is 15.2 Å². The van der Waals surface area contributed by atoms with Gasteiger partial charge in [-0.15, -0.1) is 0 Å². The summed E-state index contributed by atoms with van der Waals surface area (Å²) >= 11 is 9.72. The van der Waals surface area contributed by atoms with Gasteiger partial charge in [-0.25, -0.2) is 5.43 Å². The lowest BCUT2D eigenvalue weighted by Gasteiger charge is -2.39. The van der Waals surface area contributed by atoms with Gasteiger partial charge in [0.15, 0.2) is 0 Å². The molecule has 2 saturated heterocycles. The number of amides is 1. The number of hydrogen-bond donors (Lipinski definition) is 2. The standard InChI is InChI=1S/C12H14BrClN4O/c13-8-6-15-7-9(14)11(8)18-3-1-12(2-4-18)5-10(19)16-17-12/h6-7,17H,1-5H2,(H,16,19). The summed E-state index contributed by atoms with van der Waals surface area (Å²) in [5, 5.41) is 0.652. The predicted octanol–water partition coefficient (Wildman–Crippen LogP) is 1.86. The Morgan fingerprint density at radius 2 is 2.11 bits per heavy atom. The quantitative estimate of drug-likeness (QED) is 0.816. The van der Waals surface area contributed by atoms with Crippen LogP contribution in [0.15, 0.2) is 16.9 Å². The van der Waals surface area contributed by atoms with Crippen LogP contribution >= 0.6 is 27.5 Å². The molecule has 19 heavy (non-hydrogen) atoms. The second-order valence-corrected chi connectivity index (χ2v) is 6.33. The van der Waals surface area contributed by atoms with Gasteiger partial charge < -0.3 is 4.90 Å². The van der Waals surface area contributed by atoms with Crippen molar-refractivity contribution in [3.8, 4) is 0 Å². The molecule has 2 N–H and O–H groups in total. The highest BCUT2D eigenvalue weighted by atomic mass is 79.9. The van der Waals surface area contributed by atoms with Crippen molar-refractivity contribution in [3.05, 3.63) is 21.9 Å². The van der Waals surface area contributed by atoms with Crippen molar-refractivity contribution in [2.75, 3.05) is 18.0 Å². The molecule has 102 valence electrons. The monoisotopic (exact) mass is 344 g/mol. The number of nitrogens with one attached hydrogen (secondary N) is 2. The molecule has 1 spiro atoms. The maximum atomic E-state index is 11.4. The zero-order chi connectivity index (χ0) is 13.5. The summed E-state index contributed by atoms with van der Waals surface area (Å²) in [4.78, 5) is 17.6. The van der Waals surface area contributed by atoms with Crippen LogP contribution in [-0.4, -0.2) is 29.5 Å². The van der Waals surface area contributed by atoms with Crippen LogP contribution in [0, 0.1) is 0 Å². The number of anilines is 1. The summed E-state index contributed by atoms with van der Waals surface area (Å²) in [5.74, 6) is 0.0802. The van der Waals surface area contributed by atoms with Gasteiger partial charge in [-0.05, 0) is 28.8 Å². The normalized spacial score (nSPS) is 21.8. The minimum absolute atomic E-state index is 0.0802. The van der Waals surface area contributed by atoms with Gasteiger partial charge in [0.05, 0.1) is 15.2 Å². The maximum Gasteiger partial charge on any atom is 0.236 e. The Kier molecular flexibility index (Phi) is 3.41. The zero-order valence-corrected chi connectivity index (χ0v) is 12.6. The summed E-state index contributed by atoms with van der Waals surface area (Å²) in [6, 6.07) is 0. The molecule has 7 heteroatoms. The molecule has 0 aliphatic carbocycles. The van der Waals surface area contributed by atoms with Gasteiger partial charge in [0, 0.05) is 37.4 Å². The van der Waals surface area contributed by atoms with Crippen LogP contribution in [0.1, 0.15) is 19.3 Å². The van der Waals surface area contributed by atoms with Gasteiger partial charge in [0.2, 0.25) is 5.91 Å². The third kappa shape index (κ3) is 2.44. The van der Waals surface area contributed by atoms with Crippen LogP contribution in [0.4, 0.5) is 5.69 Å². The van der Waals surface area contributed by atoms with Crippen LogP contribution in [0.5, 0.6) is 0 Å². The van der Waals surface area contributed by atoms with Crippen molar-refractivity contribution in [1.82, 2.24) is 15.8 Å². The average molecular weight is 346 g/mol. The first-order valence-corrected chi connectivity index (χ1v) is 7.37. The van der Waals surface area contributed by atoms with E-state index < -0.39 is 0 Å². The molecule has 0 unspecified atom stereocenters. The number of aromatic nitrogens is 1. The van der Waals surface area contributed by atoms with Gasteiger partial charge in [0.1, 0.15) is 0 Å². The van der Waals surface area contributed by atoms with E-state index in [-0.39, 0.29) is 11.4 Å². The lowest BCUT2D eigenvalue weighted by atomic mass is 9.86. The van der Waals surface area contributed by atoms with Gasteiger partial charge in [-0.1, -0.05) is 11.6 Å². The number of hydrazine groups is 1. The number of carbonyl (C=O) groups is 1. The van der Waals surface area contributed by atoms with Crippen LogP contribution in [0.3, 0.4) is 0 Å². The molecule has 1 aromatic rings. The Morgan fingerprint density at radius 1 is 1.37 bits per heavy atom. The minimum atomic E-state index is -0.0838. The first-order valence-electron chi connectivity index (χ1n) is 6.20. The van der Waals surface area contributed by atoms with Gasteiger partial charge in [-0.2, -0.15) is 0 Å². The van der Waals surface area contributed by atoms with E-state index in [0.29, 0.717) is 11.4 Å². The third-order valence-corrected chi connectivity index (χ3v) is 4.69. The molecule has 2 aliphatic heterocycles. The molecule has 0 bridgehead atoms. The highest BCUT2D eigenvalue weighted by molar-refractivity contribution is 9.10. The smallest absolute Gasteiger partial charge is 0.236 e. The molecule has 5 nitrogen and oxygen atoms in total. The van der Waals surface area contributed by atoms with E-state index >= 15 is 0 Å². The van der Waals surface area contributed by atoms with Crippen LogP contribution in [0.2, 0.25) is 5.02 Å². The molecular weight excluding hydrogens is 332 g/mol. The number of halogens is 2. The Balaban J connectivity index is 1.75. The fourth-order valence-electron chi connectivity index (χ4n) is 2.76. The molecule has 2 aliphatic rings. The highest BCUT2D eigenvalue weighted by Crippen LogP contribution is 2.37. The zero-order valence-electron chi connectivity index (χ0n) is 10.2. The average Bonchev–Trinajstić information content (AvgIpc) is 2.73. The maximum absolute atomic E-state index is 11.4. The van der Waals surface area contributed by atoms with Gasteiger partial charge in [0.25, 0.3) is 0 Å². The molecule has 1 amide bonds. The van der Waals surface area contributed by atoms with Crippen molar-refractivity contribution in [2.24, 2.45) is 0 Å². The van der Waals surface area contributed by atoms with E-state index in [4.69, 9.17) is 11.6 Å². The van der Waals surface area contributed by atoms with Crippen LogP contribution in [-0.2, 0) is 4.79 Å². The largest absolute Gasteiger partial charge is 0.369 e. The third-order valence-electron chi connectivity index (χ3n) is 3.83. The lowest BCUT2D eigenvalue weighted by Crippen LogP contribution is -2.52. The van der Waals surface area contributed by atoms with Crippen LogP contribution in [0.25, 0.3) is 0 Å². The number of nitrogens with zero attached hydrogens (tertiary/aromatic N) is 2. The van der Waals surface area contributed by atoms with Crippen LogP contribution < -0.4 is 15.8 Å². The predicted molar refractivity (Wildman–Crippen MR) is 77.0 cm³/mol. The molecule has 0 atom stereocenters. The summed E-state index contributed by atoms with van der Waals surface area (Å²) in [6.45, 7) is 1.73. The van der Waals surface area contributed by atoms with E-state index in [1.54, 1.807) is 12.4 Å². The summed E-state index contributed by atoms with van der Waals surface area (Å²) in [5.41, 5.74) is 6.75. The summed E-state index contributed by atoms with van der Waals surface area (Å²) < 4.78 is 0.907. The molecule has 3 rings (SSSR count). The van der Waals surface area contributed by atoms with Crippen molar-refractivity contribution >= 4 is 39.1 Å². The lowest BCUT2D eigenvalue weighted by molar-refractivity contribution is -0.119. The Morgan fingerprint density at radius 3 is 2.68 bits per heavy atom. The molecule has 3 heterocycles. The first kappa shape index (κ1) is 13.1. The fourth-order valence-corrected chi connectivity index (χ4v) is 3.74. The minimum Gasteiger partial charge on any atom is -0.369 e. The number of carbonyl (C=O) groups excluding carboxylic acids is 1. The summed E-state index contributed by atoms with van der Waals surface area (Å²) in [6.07, 6.45) is 5.80. The second-order valence-electron chi connectivity index (χ2n) is 5.07. The molecule has 0 radical (unpaired) electrons. The molecule has 2 fully saturated rings. The van der Waals surface area contributed by atoms with E-state index in [0.717, 1.165) is 36.1 Å². The Hall–Kier alpha value is -0.850. The van der Waals surface area contributed by atoms with Crippen molar-refractivity contribution < 1.29 is 4.79 Å². The van der Waals surface area contributed by atoms with Gasteiger partial charge >= 0.3 is 0 Å². The van der Waals surface area contributed by atoms with E-state index in [1.165, 1.54) is 0 Å². The second kappa shape index (κ2) is 4.92. The molecule has 1 aromatic heterocycles. The van der Waals surface area contributed by atoms with Crippen molar-refractivity contribution in [1.29, 1.82) is 0 Å². The van der Waals surface area contributed by atoms with Crippen molar-refractivity contribution in [2.45, 2.75) is 24.8 Å². The summed E-state index contributed by atoms with van der Waals surface area (Å²) in [7, 11) is 0. The number of rotatable bonds is 1. The molecule has 0 saturated carbocycles. The molecular formula is C12H14BrClN4O. The number of pyridine rings is 1. The Bertz CT molecular complexity index is 496. The molecule has 0 aromatic carbocycles. The van der Waals surface area contributed by atoms with E-state index in [1.807, 2.05) is 0 Å². The number of hydrogen-bond acceptors (Lipinski definition) is 4. The number of piperidine rings is 1. The fraction of sp³-hybridized carbons (Fsp3) is 0.500. The topological polar surface area (TPSA) is 57.3 Å². The van der Waals surface area contributed by atoms with E-state index in [9.17, 15) is 4.79 Å². The van der Waals surface area contributed by atoms with Crippen molar-refractivity contribution in [3.63, 3.8) is 0 Å². The highest BCUT2D eigenvalue weighted by Gasteiger charge is 2.41. The SMILES string of the molecule is O=C1CC2(CCN(c3c(Cl)cncc3Br)CC2)NN1. The first-order chi connectivity index (χ1) is 9.10.